The lowest BCUT2D eigenvalue weighted by Gasteiger charge is -2.28. The smallest absolute Gasteiger partial charge is 0.240 e. The van der Waals surface area contributed by atoms with Gasteiger partial charge in [-0.3, -0.25) is 4.90 Å². The predicted octanol–water partition coefficient (Wildman–Crippen LogP) is 2.94. The van der Waals surface area contributed by atoms with Crippen molar-refractivity contribution in [3.8, 4) is 0 Å². The third kappa shape index (κ3) is 5.12. The molecule has 6 heteroatoms. The van der Waals surface area contributed by atoms with Gasteiger partial charge in [0.2, 0.25) is 5.89 Å². The number of aromatic nitrogens is 2. The van der Waals surface area contributed by atoms with Crippen molar-refractivity contribution < 1.29 is 14.4 Å². The maximum Gasteiger partial charge on any atom is 0.240 e. The fourth-order valence-electron chi connectivity index (χ4n) is 2.63. The van der Waals surface area contributed by atoms with Crippen molar-refractivity contribution in [2.75, 3.05) is 13.2 Å². The summed E-state index contributed by atoms with van der Waals surface area (Å²) in [5.41, 5.74) is 1.19. The maximum absolute atomic E-state index is 9.69. The fraction of sp³-hybridized carbons (Fsp3) is 0.556. The Hall–Kier alpha value is -1.76. The van der Waals surface area contributed by atoms with Crippen LogP contribution < -0.4 is 0 Å². The van der Waals surface area contributed by atoms with Crippen molar-refractivity contribution >= 4 is 0 Å². The molecule has 0 spiro atoms. The molecule has 0 amide bonds. The van der Waals surface area contributed by atoms with Crippen LogP contribution in [0.2, 0.25) is 0 Å². The van der Waals surface area contributed by atoms with Crippen molar-refractivity contribution in [1.82, 2.24) is 15.0 Å². The second kappa shape index (κ2) is 9.52. The first-order chi connectivity index (χ1) is 11.7. The largest absolute Gasteiger partial charge is 0.395 e. The van der Waals surface area contributed by atoms with Gasteiger partial charge < -0.3 is 14.4 Å². The van der Waals surface area contributed by atoms with Gasteiger partial charge in [0, 0.05) is 19.2 Å². The summed E-state index contributed by atoms with van der Waals surface area (Å²) in [5.74, 6) is 1.10. The minimum Gasteiger partial charge on any atom is -0.395 e. The van der Waals surface area contributed by atoms with Crippen LogP contribution in [0, 0.1) is 0 Å². The van der Waals surface area contributed by atoms with Gasteiger partial charge in [0.15, 0.2) is 5.82 Å². The molecule has 24 heavy (non-hydrogen) atoms. The van der Waals surface area contributed by atoms with Crippen LogP contribution in [0.3, 0.4) is 0 Å². The minimum atomic E-state index is -0.185. The number of aliphatic hydroxyl groups excluding tert-OH is 1. The molecule has 1 heterocycles. The molecule has 0 bridgehead atoms. The molecule has 0 unspecified atom stereocenters. The highest BCUT2D eigenvalue weighted by Gasteiger charge is 2.21. The summed E-state index contributed by atoms with van der Waals surface area (Å²) in [6.45, 7) is 7.83. The van der Waals surface area contributed by atoms with E-state index < -0.39 is 0 Å². The summed E-state index contributed by atoms with van der Waals surface area (Å²) >= 11 is 0. The van der Waals surface area contributed by atoms with Gasteiger partial charge in [-0.2, -0.15) is 4.98 Å². The van der Waals surface area contributed by atoms with Crippen LogP contribution in [-0.4, -0.2) is 39.4 Å². The minimum absolute atomic E-state index is 0.0462. The number of nitrogens with zero attached hydrogens (tertiary/aromatic N) is 3. The van der Waals surface area contributed by atoms with E-state index in [0.29, 0.717) is 24.9 Å². The zero-order valence-corrected chi connectivity index (χ0v) is 14.7. The first-order valence-corrected chi connectivity index (χ1v) is 8.50. The number of hydrogen-bond donors (Lipinski definition) is 1. The average molecular weight is 333 g/mol. The standard InChI is InChI=1S/C18H27N3O3/c1-4-16(13-22)21(11-15-9-7-6-8-10-15)12-17-19-18(20-24-17)14(3)23-5-2/h6-10,14,16,22H,4-5,11-13H2,1-3H3/t14-,16+/m1/s1. The van der Waals surface area contributed by atoms with Crippen LogP contribution in [0.4, 0.5) is 0 Å². The van der Waals surface area contributed by atoms with Crippen LogP contribution in [-0.2, 0) is 17.8 Å². The van der Waals surface area contributed by atoms with Crippen LogP contribution in [0.25, 0.3) is 0 Å². The van der Waals surface area contributed by atoms with Gasteiger partial charge in [-0.15, -0.1) is 0 Å². The first-order valence-electron chi connectivity index (χ1n) is 8.50. The number of benzene rings is 1. The second-order valence-corrected chi connectivity index (χ2v) is 5.78. The van der Waals surface area contributed by atoms with E-state index in [1.54, 1.807) is 0 Å². The third-order valence-electron chi connectivity index (χ3n) is 4.03. The molecule has 2 atom stereocenters. The molecule has 1 aromatic carbocycles. The summed E-state index contributed by atoms with van der Waals surface area (Å²) in [7, 11) is 0. The number of rotatable bonds is 10. The number of ether oxygens (including phenoxy) is 1. The van der Waals surface area contributed by atoms with Crippen LogP contribution in [0.15, 0.2) is 34.9 Å². The van der Waals surface area contributed by atoms with Gasteiger partial charge >= 0.3 is 0 Å². The normalized spacial score (nSPS) is 14.0. The molecule has 0 aliphatic heterocycles. The predicted molar refractivity (Wildman–Crippen MR) is 91.2 cm³/mol. The monoisotopic (exact) mass is 333 g/mol. The lowest BCUT2D eigenvalue weighted by molar-refractivity contribution is 0.0683. The Kier molecular flexibility index (Phi) is 7.36. The topological polar surface area (TPSA) is 71.6 Å². The Morgan fingerprint density at radius 1 is 1.21 bits per heavy atom. The van der Waals surface area contributed by atoms with Gasteiger partial charge in [-0.05, 0) is 25.8 Å². The summed E-state index contributed by atoms with van der Waals surface area (Å²) in [4.78, 5) is 6.60. The molecule has 0 radical (unpaired) electrons. The molecule has 0 aliphatic carbocycles. The molecular formula is C18H27N3O3. The lowest BCUT2D eigenvalue weighted by atomic mass is 10.1. The molecular weight excluding hydrogens is 306 g/mol. The van der Waals surface area contributed by atoms with E-state index in [1.807, 2.05) is 32.0 Å². The number of hydrogen-bond acceptors (Lipinski definition) is 6. The molecule has 1 N–H and O–H groups in total. The average Bonchev–Trinajstić information content (AvgIpc) is 3.06. The Morgan fingerprint density at radius 3 is 2.58 bits per heavy atom. The highest BCUT2D eigenvalue weighted by Crippen LogP contribution is 2.17. The van der Waals surface area contributed by atoms with Crippen LogP contribution in [0.1, 0.15) is 50.6 Å². The van der Waals surface area contributed by atoms with Gasteiger partial charge in [0.05, 0.1) is 13.2 Å². The fourth-order valence-corrected chi connectivity index (χ4v) is 2.63. The first kappa shape index (κ1) is 18.6. The molecule has 1 aromatic heterocycles. The van der Waals surface area contributed by atoms with Gasteiger partial charge in [-0.25, -0.2) is 0 Å². The molecule has 2 aromatic rings. The van der Waals surface area contributed by atoms with Crippen LogP contribution >= 0.6 is 0 Å². The molecule has 0 saturated carbocycles. The van der Waals surface area contributed by atoms with E-state index in [9.17, 15) is 5.11 Å². The van der Waals surface area contributed by atoms with Gasteiger partial charge in [0.25, 0.3) is 0 Å². The van der Waals surface area contributed by atoms with E-state index >= 15 is 0 Å². The molecule has 2 rings (SSSR count). The van der Waals surface area contributed by atoms with Crippen molar-refractivity contribution in [1.29, 1.82) is 0 Å². The SMILES string of the molecule is CCO[C@H](C)c1noc(CN(Cc2ccccc2)[C@@H](CC)CO)n1. The zero-order valence-electron chi connectivity index (χ0n) is 14.7. The molecule has 0 aliphatic rings. The van der Waals surface area contributed by atoms with Crippen molar-refractivity contribution in [2.24, 2.45) is 0 Å². The quantitative estimate of drug-likeness (QED) is 0.721. The highest BCUT2D eigenvalue weighted by atomic mass is 16.5. The summed E-state index contributed by atoms with van der Waals surface area (Å²) in [6, 6.07) is 10.2. The Balaban J connectivity index is 2.10. The highest BCUT2D eigenvalue weighted by molar-refractivity contribution is 5.14. The van der Waals surface area contributed by atoms with Crippen LogP contribution in [0.5, 0.6) is 0 Å². The number of aliphatic hydroxyl groups is 1. The van der Waals surface area contributed by atoms with Crippen molar-refractivity contribution in [3.63, 3.8) is 0 Å². The van der Waals surface area contributed by atoms with E-state index in [4.69, 9.17) is 9.26 Å². The van der Waals surface area contributed by atoms with Crippen molar-refractivity contribution in [3.05, 3.63) is 47.6 Å². The zero-order chi connectivity index (χ0) is 17.4. The molecule has 0 fully saturated rings. The maximum atomic E-state index is 9.69. The van der Waals surface area contributed by atoms with E-state index in [2.05, 4.69) is 34.1 Å². The molecule has 132 valence electrons. The molecule has 0 saturated heterocycles. The summed E-state index contributed by atoms with van der Waals surface area (Å²) < 4.78 is 10.9. The van der Waals surface area contributed by atoms with E-state index in [1.165, 1.54) is 5.56 Å². The van der Waals surface area contributed by atoms with E-state index in [-0.39, 0.29) is 18.8 Å². The third-order valence-corrected chi connectivity index (χ3v) is 4.03. The Morgan fingerprint density at radius 2 is 1.96 bits per heavy atom. The van der Waals surface area contributed by atoms with E-state index in [0.717, 1.165) is 13.0 Å². The second-order valence-electron chi connectivity index (χ2n) is 5.78. The molecule has 6 nitrogen and oxygen atoms in total. The Labute approximate surface area is 143 Å². The van der Waals surface area contributed by atoms with Crippen molar-refractivity contribution in [2.45, 2.75) is 52.4 Å². The summed E-state index contributed by atoms with van der Waals surface area (Å²) in [6.07, 6.45) is 0.662. The summed E-state index contributed by atoms with van der Waals surface area (Å²) in [5, 5.41) is 13.7. The van der Waals surface area contributed by atoms with Gasteiger partial charge in [-0.1, -0.05) is 42.4 Å². The Bertz CT molecular complexity index is 584. The lowest BCUT2D eigenvalue weighted by Crippen LogP contribution is -2.36. The van der Waals surface area contributed by atoms with Gasteiger partial charge in [0.1, 0.15) is 6.10 Å².